The highest BCUT2D eigenvalue weighted by Gasteiger charge is 2.13. The molecule has 0 atom stereocenters. The molecule has 27 heavy (non-hydrogen) atoms. The third kappa shape index (κ3) is 4.16. The molecule has 0 aliphatic heterocycles. The molecule has 0 fully saturated rings. The van der Waals surface area contributed by atoms with Crippen molar-refractivity contribution >= 4 is 46.9 Å². The van der Waals surface area contributed by atoms with Crippen LogP contribution in [0, 0.1) is 13.8 Å². The van der Waals surface area contributed by atoms with E-state index in [1.54, 1.807) is 36.5 Å². The van der Waals surface area contributed by atoms with E-state index in [2.05, 4.69) is 15.5 Å². The first-order valence-electron chi connectivity index (χ1n) is 7.96. The molecule has 8 heteroatoms. The predicted molar refractivity (Wildman–Crippen MR) is 110 cm³/mol. The molecule has 2 heterocycles. The molecule has 0 aliphatic carbocycles. The fourth-order valence-electron chi connectivity index (χ4n) is 2.72. The minimum atomic E-state index is -0.434. The summed E-state index contributed by atoms with van der Waals surface area (Å²) in [5, 5.41) is 5.33. The number of nitrogens with zero attached hydrogens (tertiary/aromatic N) is 3. The maximum absolute atomic E-state index is 12.1. The van der Waals surface area contributed by atoms with Crippen LogP contribution in [0.15, 0.2) is 47.7 Å². The maximum Gasteiger partial charge on any atom is 0.274 e. The monoisotopic (exact) mass is 420 g/mol. The molecule has 0 saturated heterocycles. The van der Waals surface area contributed by atoms with Gasteiger partial charge in [-0.3, -0.25) is 4.79 Å². The highest BCUT2D eigenvalue weighted by molar-refractivity contribution is 6.34. The highest BCUT2D eigenvalue weighted by Crippen LogP contribution is 2.28. The van der Waals surface area contributed by atoms with Gasteiger partial charge in [0.25, 0.3) is 5.91 Å². The van der Waals surface area contributed by atoms with Gasteiger partial charge in [0.1, 0.15) is 5.15 Å². The SMILES string of the molecule is Cc1cc(C=NNC(=O)c2cccnc2Cl)c(C)n1-c1cc(Cl)ccc1Cl. The summed E-state index contributed by atoms with van der Waals surface area (Å²) in [6.07, 6.45) is 3.08. The molecule has 1 aromatic carbocycles. The zero-order valence-corrected chi connectivity index (χ0v) is 16.8. The molecule has 1 N–H and O–H groups in total. The van der Waals surface area contributed by atoms with Crippen molar-refractivity contribution in [1.29, 1.82) is 0 Å². The number of benzene rings is 1. The zero-order valence-electron chi connectivity index (χ0n) is 14.5. The van der Waals surface area contributed by atoms with Gasteiger partial charge in [-0.25, -0.2) is 10.4 Å². The van der Waals surface area contributed by atoms with Crippen LogP contribution in [0.25, 0.3) is 5.69 Å². The summed E-state index contributed by atoms with van der Waals surface area (Å²) in [5.41, 5.74) is 6.20. The summed E-state index contributed by atoms with van der Waals surface area (Å²) in [5.74, 6) is -0.434. The van der Waals surface area contributed by atoms with E-state index in [0.29, 0.717) is 10.0 Å². The number of hydrogen-bond acceptors (Lipinski definition) is 3. The van der Waals surface area contributed by atoms with Gasteiger partial charge in [-0.1, -0.05) is 34.8 Å². The fourth-order valence-corrected chi connectivity index (χ4v) is 3.30. The average Bonchev–Trinajstić information content (AvgIpc) is 2.91. The Hall–Kier alpha value is -2.34. The van der Waals surface area contributed by atoms with Crippen LogP contribution in [0.2, 0.25) is 15.2 Å². The average molecular weight is 422 g/mol. The summed E-state index contributed by atoms with van der Waals surface area (Å²) in [6.45, 7) is 3.89. The second kappa shape index (κ2) is 8.13. The minimum absolute atomic E-state index is 0.124. The Morgan fingerprint density at radius 2 is 1.96 bits per heavy atom. The standard InChI is InChI=1S/C19H15Cl3N4O/c1-11-8-13(10-24-25-19(27)15-4-3-7-23-18(15)22)12(2)26(11)17-9-14(20)5-6-16(17)21/h3-10H,1-2H3,(H,25,27). The number of rotatable bonds is 4. The quantitative estimate of drug-likeness (QED) is 0.357. The zero-order chi connectivity index (χ0) is 19.6. The lowest BCUT2D eigenvalue weighted by Gasteiger charge is -2.12. The van der Waals surface area contributed by atoms with E-state index in [-0.39, 0.29) is 10.7 Å². The van der Waals surface area contributed by atoms with Crippen LogP contribution in [-0.4, -0.2) is 21.7 Å². The van der Waals surface area contributed by atoms with Gasteiger partial charge in [0.2, 0.25) is 0 Å². The van der Waals surface area contributed by atoms with Crippen molar-refractivity contribution in [2.24, 2.45) is 5.10 Å². The van der Waals surface area contributed by atoms with E-state index in [1.807, 2.05) is 24.5 Å². The number of carbonyl (C=O) groups is 1. The first kappa shape index (κ1) is 19.4. The molecule has 5 nitrogen and oxygen atoms in total. The number of aromatic nitrogens is 2. The predicted octanol–water partition coefficient (Wildman–Crippen LogP) is 5.21. The van der Waals surface area contributed by atoms with E-state index in [9.17, 15) is 4.79 Å². The first-order valence-corrected chi connectivity index (χ1v) is 9.10. The summed E-state index contributed by atoms with van der Waals surface area (Å²) >= 11 is 18.3. The fraction of sp³-hybridized carbons (Fsp3) is 0.105. The molecule has 0 bridgehead atoms. The van der Waals surface area contributed by atoms with E-state index < -0.39 is 5.91 Å². The molecule has 2 aromatic heterocycles. The van der Waals surface area contributed by atoms with Gasteiger partial charge in [0.15, 0.2) is 0 Å². The number of hydrazone groups is 1. The first-order chi connectivity index (χ1) is 12.9. The number of amides is 1. The molecular weight excluding hydrogens is 407 g/mol. The number of carbonyl (C=O) groups excluding carboxylic acids is 1. The van der Waals surface area contributed by atoms with Crippen LogP contribution in [0.1, 0.15) is 27.3 Å². The van der Waals surface area contributed by atoms with Crippen molar-refractivity contribution in [2.45, 2.75) is 13.8 Å². The summed E-state index contributed by atoms with van der Waals surface area (Å²) in [6, 6.07) is 10.4. The summed E-state index contributed by atoms with van der Waals surface area (Å²) in [4.78, 5) is 16.0. The Labute approximate surface area is 171 Å². The Morgan fingerprint density at radius 3 is 2.70 bits per heavy atom. The van der Waals surface area contributed by atoms with Crippen LogP contribution in [0.3, 0.4) is 0 Å². The van der Waals surface area contributed by atoms with Crippen molar-refractivity contribution in [2.75, 3.05) is 0 Å². The molecule has 0 radical (unpaired) electrons. The van der Waals surface area contributed by atoms with Crippen molar-refractivity contribution in [3.63, 3.8) is 0 Å². The Bertz CT molecular complexity index is 1040. The molecule has 0 aliphatic rings. The van der Waals surface area contributed by atoms with Crippen LogP contribution in [0.5, 0.6) is 0 Å². The largest absolute Gasteiger partial charge is 0.316 e. The van der Waals surface area contributed by atoms with Gasteiger partial charge in [-0.05, 0) is 50.2 Å². The van der Waals surface area contributed by atoms with Gasteiger partial charge in [-0.2, -0.15) is 5.10 Å². The van der Waals surface area contributed by atoms with E-state index >= 15 is 0 Å². The lowest BCUT2D eigenvalue weighted by Crippen LogP contribution is -2.18. The highest BCUT2D eigenvalue weighted by atomic mass is 35.5. The molecule has 3 rings (SSSR count). The number of nitrogens with one attached hydrogen (secondary N) is 1. The van der Waals surface area contributed by atoms with Crippen molar-refractivity contribution in [3.05, 3.63) is 80.3 Å². The van der Waals surface area contributed by atoms with Crippen LogP contribution >= 0.6 is 34.8 Å². The Balaban J connectivity index is 1.85. The second-order valence-corrected chi connectivity index (χ2v) is 7.00. The summed E-state index contributed by atoms with van der Waals surface area (Å²) in [7, 11) is 0. The smallest absolute Gasteiger partial charge is 0.274 e. The van der Waals surface area contributed by atoms with Gasteiger partial charge >= 0.3 is 0 Å². The van der Waals surface area contributed by atoms with Gasteiger partial charge in [-0.15, -0.1) is 0 Å². The molecule has 0 saturated carbocycles. The van der Waals surface area contributed by atoms with Gasteiger partial charge in [0, 0.05) is 28.2 Å². The van der Waals surface area contributed by atoms with Gasteiger partial charge < -0.3 is 4.57 Å². The normalized spacial score (nSPS) is 11.1. The van der Waals surface area contributed by atoms with Crippen molar-refractivity contribution in [1.82, 2.24) is 15.0 Å². The molecular formula is C19H15Cl3N4O. The number of aryl methyl sites for hydroxylation is 1. The second-order valence-electron chi connectivity index (χ2n) is 5.80. The van der Waals surface area contributed by atoms with Crippen molar-refractivity contribution < 1.29 is 4.79 Å². The number of halogens is 3. The van der Waals surface area contributed by atoms with E-state index in [1.165, 1.54) is 6.20 Å². The Kier molecular flexibility index (Phi) is 5.85. The maximum atomic E-state index is 12.1. The molecule has 138 valence electrons. The molecule has 3 aromatic rings. The van der Waals surface area contributed by atoms with Gasteiger partial charge in [0.05, 0.1) is 22.5 Å². The van der Waals surface area contributed by atoms with Crippen LogP contribution in [-0.2, 0) is 0 Å². The number of hydrogen-bond donors (Lipinski definition) is 1. The molecule has 1 amide bonds. The molecule has 0 unspecified atom stereocenters. The topological polar surface area (TPSA) is 59.3 Å². The van der Waals surface area contributed by atoms with E-state index in [0.717, 1.165) is 22.6 Å². The van der Waals surface area contributed by atoms with E-state index in [4.69, 9.17) is 34.8 Å². The van der Waals surface area contributed by atoms with Crippen molar-refractivity contribution in [3.8, 4) is 5.69 Å². The van der Waals surface area contributed by atoms with Crippen LogP contribution in [0.4, 0.5) is 0 Å². The van der Waals surface area contributed by atoms with Crippen LogP contribution < -0.4 is 5.43 Å². The number of pyridine rings is 1. The summed E-state index contributed by atoms with van der Waals surface area (Å²) < 4.78 is 1.98. The third-order valence-corrected chi connectivity index (χ3v) is 4.85. The lowest BCUT2D eigenvalue weighted by molar-refractivity contribution is 0.0955. The lowest BCUT2D eigenvalue weighted by atomic mass is 10.2. The molecule has 0 spiro atoms. The third-order valence-electron chi connectivity index (χ3n) is 3.99. The Morgan fingerprint density at radius 1 is 1.19 bits per heavy atom. The minimum Gasteiger partial charge on any atom is -0.316 e.